The lowest BCUT2D eigenvalue weighted by atomic mass is 10.1. The Morgan fingerprint density at radius 1 is 1.25 bits per heavy atom. The minimum Gasteiger partial charge on any atom is -0.310 e. The van der Waals surface area contributed by atoms with E-state index in [9.17, 15) is 4.39 Å². The van der Waals surface area contributed by atoms with Crippen molar-refractivity contribution >= 4 is 23.2 Å². The van der Waals surface area contributed by atoms with Crippen LogP contribution in [0.5, 0.6) is 0 Å². The molecule has 0 fully saturated rings. The minimum absolute atomic E-state index is 0.0573. The number of rotatable bonds is 4. The monoisotopic (exact) mass is 263 g/mol. The maximum absolute atomic E-state index is 13.3. The van der Waals surface area contributed by atoms with Gasteiger partial charge in [0.05, 0.1) is 5.02 Å². The van der Waals surface area contributed by atoms with Gasteiger partial charge in [0, 0.05) is 16.6 Å². The van der Waals surface area contributed by atoms with Gasteiger partial charge < -0.3 is 5.32 Å². The Labute approximate surface area is 106 Å². The summed E-state index contributed by atoms with van der Waals surface area (Å²) < 4.78 is 13.3. The van der Waals surface area contributed by atoms with Crippen LogP contribution in [0.1, 0.15) is 32.4 Å². The van der Waals surface area contributed by atoms with E-state index in [0.29, 0.717) is 16.5 Å². The Hall–Kier alpha value is -0.310. The molecule has 0 saturated heterocycles. The van der Waals surface area contributed by atoms with Crippen molar-refractivity contribution in [1.29, 1.82) is 0 Å². The number of halogens is 3. The van der Waals surface area contributed by atoms with Crippen molar-refractivity contribution < 1.29 is 4.39 Å². The molecule has 0 radical (unpaired) electrons. The summed E-state index contributed by atoms with van der Waals surface area (Å²) in [7, 11) is 0. The second-order valence-corrected chi connectivity index (χ2v) is 5.07. The molecular weight excluding hydrogens is 248 g/mol. The van der Waals surface area contributed by atoms with Crippen LogP contribution in [0, 0.1) is 11.7 Å². The van der Waals surface area contributed by atoms with Gasteiger partial charge in [-0.1, -0.05) is 37.0 Å². The SMILES string of the molecule is CC(C)CNC(C)c1c(Cl)ccc(F)c1Cl. The van der Waals surface area contributed by atoms with E-state index in [1.54, 1.807) is 0 Å². The molecule has 0 aliphatic rings. The van der Waals surface area contributed by atoms with Gasteiger partial charge >= 0.3 is 0 Å². The molecule has 1 rings (SSSR count). The Kier molecular flexibility index (Phi) is 5.03. The van der Waals surface area contributed by atoms with Crippen LogP contribution in [0.2, 0.25) is 10.0 Å². The van der Waals surface area contributed by atoms with Gasteiger partial charge in [-0.05, 0) is 31.5 Å². The van der Waals surface area contributed by atoms with Crippen LogP contribution in [-0.4, -0.2) is 6.54 Å². The number of benzene rings is 1. The van der Waals surface area contributed by atoms with Crippen molar-refractivity contribution in [2.45, 2.75) is 26.8 Å². The van der Waals surface area contributed by atoms with Crippen LogP contribution in [0.4, 0.5) is 4.39 Å². The molecule has 0 saturated carbocycles. The summed E-state index contributed by atoms with van der Waals surface area (Å²) in [6.07, 6.45) is 0. The van der Waals surface area contributed by atoms with Gasteiger partial charge in [0.25, 0.3) is 0 Å². The van der Waals surface area contributed by atoms with Crippen molar-refractivity contribution in [1.82, 2.24) is 5.32 Å². The highest BCUT2D eigenvalue weighted by atomic mass is 35.5. The quantitative estimate of drug-likeness (QED) is 0.793. The van der Waals surface area contributed by atoms with Crippen LogP contribution >= 0.6 is 23.2 Å². The molecule has 1 aromatic carbocycles. The zero-order valence-corrected chi connectivity index (χ0v) is 11.2. The molecule has 0 aliphatic heterocycles. The van der Waals surface area contributed by atoms with Crippen molar-refractivity contribution in [2.24, 2.45) is 5.92 Å². The molecule has 0 aromatic heterocycles. The van der Waals surface area contributed by atoms with E-state index in [2.05, 4.69) is 19.2 Å². The van der Waals surface area contributed by atoms with Gasteiger partial charge in [0.15, 0.2) is 0 Å². The molecule has 4 heteroatoms. The van der Waals surface area contributed by atoms with E-state index >= 15 is 0 Å². The van der Waals surface area contributed by atoms with E-state index in [1.165, 1.54) is 12.1 Å². The zero-order chi connectivity index (χ0) is 12.3. The standard InChI is InChI=1S/C12H16Cl2FN/c1-7(2)6-16-8(3)11-9(13)4-5-10(15)12(11)14/h4-5,7-8,16H,6H2,1-3H3. The Morgan fingerprint density at radius 3 is 2.44 bits per heavy atom. The highest BCUT2D eigenvalue weighted by molar-refractivity contribution is 6.36. The number of hydrogen-bond donors (Lipinski definition) is 1. The molecule has 0 aliphatic carbocycles. The highest BCUT2D eigenvalue weighted by Gasteiger charge is 2.16. The van der Waals surface area contributed by atoms with Crippen LogP contribution in [0.15, 0.2) is 12.1 Å². The van der Waals surface area contributed by atoms with E-state index in [-0.39, 0.29) is 11.1 Å². The minimum atomic E-state index is -0.431. The molecule has 1 N–H and O–H groups in total. The predicted octanol–water partition coefficient (Wildman–Crippen LogP) is 4.44. The van der Waals surface area contributed by atoms with E-state index in [0.717, 1.165) is 6.54 Å². The summed E-state index contributed by atoms with van der Waals surface area (Å²) in [6.45, 7) is 6.97. The summed E-state index contributed by atoms with van der Waals surface area (Å²) in [5.41, 5.74) is 0.629. The summed E-state index contributed by atoms with van der Waals surface area (Å²) >= 11 is 11.9. The summed E-state index contributed by atoms with van der Waals surface area (Å²) in [5, 5.41) is 3.87. The molecule has 1 atom stereocenters. The van der Waals surface area contributed by atoms with Crippen molar-refractivity contribution in [3.63, 3.8) is 0 Å². The zero-order valence-electron chi connectivity index (χ0n) is 9.65. The molecule has 1 unspecified atom stereocenters. The first-order valence-electron chi connectivity index (χ1n) is 5.30. The lowest BCUT2D eigenvalue weighted by Crippen LogP contribution is -2.23. The third-order valence-electron chi connectivity index (χ3n) is 2.34. The smallest absolute Gasteiger partial charge is 0.142 e. The van der Waals surface area contributed by atoms with Crippen LogP contribution < -0.4 is 5.32 Å². The molecule has 16 heavy (non-hydrogen) atoms. The van der Waals surface area contributed by atoms with Crippen molar-refractivity contribution in [2.75, 3.05) is 6.54 Å². The maximum Gasteiger partial charge on any atom is 0.142 e. The maximum atomic E-state index is 13.3. The normalized spacial score (nSPS) is 13.2. The molecule has 0 heterocycles. The number of hydrogen-bond acceptors (Lipinski definition) is 1. The fourth-order valence-corrected chi connectivity index (χ4v) is 2.15. The summed E-state index contributed by atoms with van der Waals surface area (Å²) in [5.74, 6) is 0.0906. The predicted molar refractivity (Wildman–Crippen MR) is 67.7 cm³/mol. The topological polar surface area (TPSA) is 12.0 Å². The van der Waals surface area contributed by atoms with Gasteiger partial charge in [0.2, 0.25) is 0 Å². The van der Waals surface area contributed by atoms with Gasteiger partial charge in [0.1, 0.15) is 5.82 Å². The third-order valence-corrected chi connectivity index (χ3v) is 3.06. The lowest BCUT2D eigenvalue weighted by molar-refractivity contribution is 0.494. The first-order chi connectivity index (χ1) is 7.43. The molecule has 1 aromatic rings. The largest absolute Gasteiger partial charge is 0.310 e. The molecule has 0 bridgehead atoms. The summed E-state index contributed by atoms with van der Waals surface area (Å²) in [6, 6.07) is 2.76. The second kappa shape index (κ2) is 5.85. The van der Waals surface area contributed by atoms with Gasteiger partial charge in [-0.2, -0.15) is 0 Å². The van der Waals surface area contributed by atoms with Gasteiger partial charge in [-0.15, -0.1) is 0 Å². The van der Waals surface area contributed by atoms with Crippen LogP contribution in [0.25, 0.3) is 0 Å². The average molecular weight is 264 g/mol. The fraction of sp³-hybridized carbons (Fsp3) is 0.500. The van der Waals surface area contributed by atoms with E-state index < -0.39 is 5.82 Å². The first kappa shape index (κ1) is 13.8. The van der Waals surface area contributed by atoms with Crippen LogP contribution in [0.3, 0.4) is 0 Å². The van der Waals surface area contributed by atoms with E-state index in [1.807, 2.05) is 6.92 Å². The van der Waals surface area contributed by atoms with Crippen molar-refractivity contribution in [3.8, 4) is 0 Å². The Balaban J connectivity index is 2.90. The van der Waals surface area contributed by atoms with E-state index in [4.69, 9.17) is 23.2 Å². The molecular formula is C12H16Cl2FN. The van der Waals surface area contributed by atoms with Crippen LogP contribution in [-0.2, 0) is 0 Å². The molecule has 90 valence electrons. The Morgan fingerprint density at radius 2 is 1.88 bits per heavy atom. The average Bonchev–Trinajstić information content (AvgIpc) is 2.21. The fourth-order valence-electron chi connectivity index (χ4n) is 1.45. The molecule has 0 amide bonds. The van der Waals surface area contributed by atoms with Crippen molar-refractivity contribution in [3.05, 3.63) is 33.6 Å². The third kappa shape index (κ3) is 3.34. The first-order valence-corrected chi connectivity index (χ1v) is 6.05. The van der Waals surface area contributed by atoms with Gasteiger partial charge in [-0.3, -0.25) is 0 Å². The molecule has 0 spiro atoms. The second-order valence-electron chi connectivity index (χ2n) is 4.28. The van der Waals surface area contributed by atoms with Gasteiger partial charge in [-0.25, -0.2) is 4.39 Å². The number of nitrogens with one attached hydrogen (secondary N) is 1. The molecule has 1 nitrogen and oxygen atoms in total. The lowest BCUT2D eigenvalue weighted by Gasteiger charge is -2.18. The summed E-state index contributed by atoms with van der Waals surface area (Å²) in [4.78, 5) is 0. The Bertz CT molecular complexity index is 366. The highest BCUT2D eigenvalue weighted by Crippen LogP contribution is 2.32.